The lowest BCUT2D eigenvalue weighted by atomic mass is 10.2. The monoisotopic (exact) mass is 201 g/mol. The van der Waals surface area contributed by atoms with Gasteiger partial charge in [0, 0.05) is 24.9 Å². The van der Waals surface area contributed by atoms with Gasteiger partial charge in [0.05, 0.1) is 0 Å². The van der Waals surface area contributed by atoms with Crippen LogP contribution in [0.3, 0.4) is 0 Å². The first-order valence-electron chi connectivity index (χ1n) is 4.69. The normalized spacial score (nSPS) is 10.3. The second kappa shape index (κ2) is 3.69. The van der Waals surface area contributed by atoms with E-state index >= 15 is 0 Å². The maximum atomic E-state index is 11.0. The molecule has 3 nitrogen and oxygen atoms in total. The van der Waals surface area contributed by atoms with Gasteiger partial charge in [0.25, 0.3) is 0 Å². The number of hydrogen-bond acceptors (Lipinski definition) is 3. The molecule has 0 saturated carbocycles. The summed E-state index contributed by atoms with van der Waals surface area (Å²) in [5.74, 6) is 0.991. The fraction of sp³-hybridized carbons (Fsp3) is 0.167. The number of rotatable bonds is 2. The van der Waals surface area contributed by atoms with E-state index in [1.807, 2.05) is 13.0 Å². The molecule has 0 aromatic carbocycles. The zero-order chi connectivity index (χ0) is 10.8. The van der Waals surface area contributed by atoms with Crippen molar-refractivity contribution in [2.75, 3.05) is 0 Å². The highest BCUT2D eigenvalue weighted by atomic mass is 16.3. The average Bonchev–Trinajstić information content (AvgIpc) is 2.66. The van der Waals surface area contributed by atoms with Crippen molar-refractivity contribution >= 4 is 5.78 Å². The summed E-state index contributed by atoms with van der Waals surface area (Å²) in [6.45, 7) is 3.45. The first kappa shape index (κ1) is 9.65. The fourth-order valence-electron chi connectivity index (χ4n) is 1.37. The van der Waals surface area contributed by atoms with Crippen LogP contribution < -0.4 is 0 Å². The molecule has 0 saturated heterocycles. The Morgan fingerprint density at radius 3 is 2.73 bits per heavy atom. The van der Waals surface area contributed by atoms with Crippen LogP contribution in [0.2, 0.25) is 0 Å². The molecular formula is C12H11NO2. The van der Waals surface area contributed by atoms with Crippen molar-refractivity contribution in [2.45, 2.75) is 13.8 Å². The Morgan fingerprint density at radius 1 is 1.33 bits per heavy atom. The highest BCUT2D eigenvalue weighted by molar-refractivity contribution is 5.91. The molecule has 0 bridgehead atoms. The van der Waals surface area contributed by atoms with Crippen molar-refractivity contribution in [3.63, 3.8) is 0 Å². The van der Waals surface area contributed by atoms with Crippen molar-refractivity contribution in [3.8, 4) is 11.3 Å². The van der Waals surface area contributed by atoms with Crippen LogP contribution in [0.5, 0.6) is 0 Å². The van der Waals surface area contributed by atoms with E-state index in [4.69, 9.17) is 4.42 Å². The van der Waals surface area contributed by atoms with Gasteiger partial charge in [-0.15, -0.1) is 0 Å². The number of aryl methyl sites for hydroxylation is 1. The fourth-order valence-corrected chi connectivity index (χ4v) is 1.37. The van der Waals surface area contributed by atoms with Crippen molar-refractivity contribution in [1.82, 2.24) is 4.98 Å². The molecule has 0 radical (unpaired) electrons. The van der Waals surface area contributed by atoms with Crippen molar-refractivity contribution < 1.29 is 9.21 Å². The van der Waals surface area contributed by atoms with E-state index < -0.39 is 0 Å². The molecule has 0 aliphatic heterocycles. The number of nitrogens with zero attached hydrogens (tertiary/aromatic N) is 1. The molecule has 0 fully saturated rings. The summed E-state index contributed by atoms with van der Waals surface area (Å²) >= 11 is 0. The SMILES string of the molecule is CC(=O)c1ccc(-c2cncc(C)c2)o1. The maximum Gasteiger partial charge on any atom is 0.194 e. The molecule has 76 valence electrons. The summed E-state index contributed by atoms with van der Waals surface area (Å²) < 4.78 is 5.40. The van der Waals surface area contributed by atoms with Crippen LogP contribution in [0.25, 0.3) is 11.3 Å². The van der Waals surface area contributed by atoms with E-state index in [-0.39, 0.29) is 5.78 Å². The molecular weight excluding hydrogens is 190 g/mol. The van der Waals surface area contributed by atoms with Crippen LogP contribution in [-0.4, -0.2) is 10.8 Å². The number of pyridine rings is 1. The van der Waals surface area contributed by atoms with E-state index in [1.54, 1.807) is 24.5 Å². The number of carbonyl (C=O) groups is 1. The van der Waals surface area contributed by atoms with Gasteiger partial charge in [-0.25, -0.2) is 0 Å². The van der Waals surface area contributed by atoms with Crippen LogP contribution >= 0.6 is 0 Å². The van der Waals surface area contributed by atoms with Gasteiger partial charge in [-0.1, -0.05) is 0 Å². The van der Waals surface area contributed by atoms with Gasteiger partial charge in [0.1, 0.15) is 5.76 Å². The van der Waals surface area contributed by atoms with Gasteiger partial charge in [0.15, 0.2) is 11.5 Å². The third kappa shape index (κ3) is 1.96. The van der Waals surface area contributed by atoms with E-state index in [0.29, 0.717) is 11.5 Å². The summed E-state index contributed by atoms with van der Waals surface area (Å²) in [6.07, 6.45) is 3.49. The van der Waals surface area contributed by atoms with Crippen molar-refractivity contribution in [2.24, 2.45) is 0 Å². The second-order valence-corrected chi connectivity index (χ2v) is 3.47. The van der Waals surface area contributed by atoms with E-state index in [0.717, 1.165) is 11.1 Å². The predicted molar refractivity (Wildman–Crippen MR) is 56.7 cm³/mol. The van der Waals surface area contributed by atoms with Crippen LogP contribution in [0.1, 0.15) is 23.0 Å². The molecule has 15 heavy (non-hydrogen) atoms. The summed E-state index contributed by atoms with van der Waals surface area (Å²) in [6, 6.07) is 5.43. The largest absolute Gasteiger partial charge is 0.453 e. The molecule has 3 heteroatoms. The van der Waals surface area contributed by atoms with Gasteiger partial charge in [-0.3, -0.25) is 9.78 Å². The van der Waals surface area contributed by atoms with Gasteiger partial charge in [-0.2, -0.15) is 0 Å². The number of Topliss-reactive ketones (excluding diaryl/α,β-unsaturated/α-hetero) is 1. The van der Waals surface area contributed by atoms with Crippen LogP contribution in [0.4, 0.5) is 0 Å². The highest BCUT2D eigenvalue weighted by Crippen LogP contribution is 2.22. The standard InChI is InChI=1S/C12H11NO2/c1-8-5-10(7-13-6-8)12-4-3-11(15-12)9(2)14/h3-7H,1-2H3. The summed E-state index contributed by atoms with van der Waals surface area (Å²) in [7, 11) is 0. The highest BCUT2D eigenvalue weighted by Gasteiger charge is 2.07. The number of carbonyl (C=O) groups excluding carboxylic acids is 1. The van der Waals surface area contributed by atoms with Crippen molar-refractivity contribution in [1.29, 1.82) is 0 Å². The molecule has 0 N–H and O–H groups in total. The summed E-state index contributed by atoms with van der Waals surface area (Å²) in [5, 5.41) is 0. The molecule has 2 aromatic heterocycles. The Hall–Kier alpha value is -1.90. The van der Waals surface area contributed by atoms with Gasteiger partial charge >= 0.3 is 0 Å². The van der Waals surface area contributed by atoms with Crippen LogP contribution in [0.15, 0.2) is 35.0 Å². The zero-order valence-electron chi connectivity index (χ0n) is 8.65. The molecule has 0 unspecified atom stereocenters. The number of hydrogen-bond donors (Lipinski definition) is 0. The topological polar surface area (TPSA) is 43.1 Å². The van der Waals surface area contributed by atoms with E-state index in [2.05, 4.69) is 4.98 Å². The quantitative estimate of drug-likeness (QED) is 0.701. The maximum absolute atomic E-state index is 11.0. The first-order valence-corrected chi connectivity index (χ1v) is 4.69. The zero-order valence-corrected chi connectivity index (χ0v) is 8.65. The van der Waals surface area contributed by atoms with Crippen molar-refractivity contribution in [3.05, 3.63) is 41.9 Å². The lowest BCUT2D eigenvalue weighted by molar-refractivity contribution is 0.0988. The molecule has 0 aliphatic carbocycles. The molecule has 2 heterocycles. The molecule has 0 amide bonds. The Morgan fingerprint density at radius 2 is 2.13 bits per heavy atom. The minimum atomic E-state index is -0.0677. The van der Waals surface area contributed by atoms with Gasteiger partial charge in [-0.05, 0) is 30.7 Å². The summed E-state index contributed by atoms with van der Waals surface area (Å²) in [5.41, 5.74) is 1.95. The number of ketones is 1. The van der Waals surface area contributed by atoms with E-state index in [1.165, 1.54) is 6.92 Å². The molecule has 0 spiro atoms. The third-order valence-corrected chi connectivity index (χ3v) is 2.11. The average molecular weight is 201 g/mol. The third-order valence-electron chi connectivity index (χ3n) is 2.11. The number of aromatic nitrogens is 1. The minimum Gasteiger partial charge on any atom is -0.453 e. The summed E-state index contributed by atoms with van der Waals surface area (Å²) in [4.78, 5) is 15.1. The Balaban J connectivity index is 2.41. The van der Waals surface area contributed by atoms with E-state index in [9.17, 15) is 4.79 Å². The first-order chi connectivity index (χ1) is 7.16. The van der Waals surface area contributed by atoms with Crippen LogP contribution in [-0.2, 0) is 0 Å². The molecule has 2 aromatic rings. The minimum absolute atomic E-state index is 0.0677. The Kier molecular flexibility index (Phi) is 2.37. The second-order valence-electron chi connectivity index (χ2n) is 3.47. The Labute approximate surface area is 87.8 Å². The lowest BCUT2D eigenvalue weighted by Crippen LogP contribution is -1.86. The molecule has 0 aliphatic rings. The Bertz CT molecular complexity index is 500. The predicted octanol–water partition coefficient (Wildman–Crippen LogP) is 2.85. The van der Waals surface area contributed by atoms with Gasteiger partial charge < -0.3 is 4.42 Å². The smallest absolute Gasteiger partial charge is 0.194 e. The number of furan rings is 1. The van der Waals surface area contributed by atoms with Gasteiger partial charge in [0.2, 0.25) is 0 Å². The molecule has 2 rings (SSSR count). The lowest BCUT2D eigenvalue weighted by Gasteiger charge is -1.97. The van der Waals surface area contributed by atoms with Crippen LogP contribution in [0, 0.1) is 6.92 Å². The molecule has 0 atom stereocenters.